The molecule has 2 atom stereocenters. The summed E-state index contributed by atoms with van der Waals surface area (Å²) < 4.78 is 5.56. The Labute approximate surface area is 181 Å². The normalized spacial score (nSPS) is 25.6. The maximum absolute atomic E-state index is 5.56. The van der Waals surface area contributed by atoms with Crippen LogP contribution >= 0.6 is 35.7 Å². The number of aliphatic imine (C=N–C) groups is 1. The molecule has 7 heteroatoms. The van der Waals surface area contributed by atoms with Crippen LogP contribution in [0.5, 0.6) is 0 Å². The fraction of sp³-hybridized carbons (Fsp3) is 0.947. The van der Waals surface area contributed by atoms with Gasteiger partial charge < -0.3 is 15.4 Å². The summed E-state index contributed by atoms with van der Waals surface area (Å²) in [6, 6.07) is 0. The van der Waals surface area contributed by atoms with E-state index in [2.05, 4.69) is 46.1 Å². The van der Waals surface area contributed by atoms with Crippen molar-refractivity contribution < 1.29 is 4.74 Å². The monoisotopic (exact) mass is 498 g/mol. The smallest absolute Gasteiger partial charge is 0.191 e. The van der Waals surface area contributed by atoms with Gasteiger partial charge in [0.15, 0.2) is 5.96 Å². The number of hydrogen-bond donors (Lipinski definition) is 2. The predicted molar refractivity (Wildman–Crippen MR) is 125 cm³/mol. The van der Waals surface area contributed by atoms with E-state index < -0.39 is 0 Å². The Balaban J connectivity index is 0.00000338. The zero-order chi connectivity index (χ0) is 18.0. The molecule has 0 amide bonds. The number of halogens is 1. The second-order valence-corrected chi connectivity index (χ2v) is 8.45. The average Bonchev–Trinajstić information content (AvgIpc) is 3.15. The summed E-state index contributed by atoms with van der Waals surface area (Å²) in [6.07, 6.45) is 6.41. The van der Waals surface area contributed by atoms with Crippen molar-refractivity contribution in [3.8, 4) is 0 Å². The minimum Gasteiger partial charge on any atom is -0.379 e. The molecule has 2 fully saturated rings. The molecule has 0 saturated carbocycles. The first kappa shape index (κ1) is 24.3. The molecule has 5 nitrogen and oxygen atoms in total. The number of ether oxygens (including phenoxy) is 1. The van der Waals surface area contributed by atoms with Gasteiger partial charge in [-0.25, -0.2) is 0 Å². The molecule has 0 aromatic carbocycles. The van der Waals surface area contributed by atoms with Gasteiger partial charge in [-0.1, -0.05) is 33.1 Å². The molecule has 26 heavy (non-hydrogen) atoms. The summed E-state index contributed by atoms with van der Waals surface area (Å²) in [7, 11) is 1.88. The van der Waals surface area contributed by atoms with Crippen molar-refractivity contribution >= 4 is 41.7 Å². The van der Waals surface area contributed by atoms with Gasteiger partial charge >= 0.3 is 0 Å². The predicted octanol–water partition coefficient (Wildman–Crippen LogP) is 3.19. The number of rotatable bonds is 9. The van der Waals surface area contributed by atoms with Crippen LogP contribution in [0.25, 0.3) is 0 Å². The topological polar surface area (TPSA) is 48.9 Å². The number of unbranched alkanes of at least 4 members (excludes halogenated alkanes) is 1. The average molecular weight is 499 g/mol. The molecule has 0 radical (unpaired) electrons. The Morgan fingerprint density at radius 3 is 2.62 bits per heavy atom. The van der Waals surface area contributed by atoms with E-state index in [1.165, 1.54) is 43.6 Å². The molecule has 2 rings (SSSR count). The van der Waals surface area contributed by atoms with Gasteiger partial charge in [0.2, 0.25) is 0 Å². The molecule has 0 aromatic rings. The molecule has 2 heterocycles. The second kappa shape index (κ2) is 13.4. The Morgan fingerprint density at radius 1 is 1.27 bits per heavy atom. The Morgan fingerprint density at radius 2 is 2.04 bits per heavy atom. The fourth-order valence-corrected chi connectivity index (χ4v) is 5.27. The number of hydrogen-bond acceptors (Lipinski definition) is 4. The lowest BCUT2D eigenvalue weighted by atomic mass is 9.95. The van der Waals surface area contributed by atoms with Gasteiger partial charge in [-0.2, -0.15) is 11.8 Å². The van der Waals surface area contributed by atoms with E-state index in [0.29, 0.717) is 0 Å². The van der Waals surface area contributed by atoms with Gasteiger partial charge in [-0.05, 0) is 24.5 Å². The van der Waals surface area contributed by atoms with Crippen molar-refractivity contribution in [2.75, 3.05) is 57.9 Å². The van der Waals surface area contributed by atoms with E-state index in [-0.39, 0.29) is 29.5 Å². The zero-order valence-electron chi connectivity index (χ0n) is 16.9. The molecule has 0 spiro atoms. The van der Waals surface area contributed by atoms with E-state index in [4.69, 9.17) is 4.74 Å². The van der Waals surface area contributed by atoms with Crippen LogP contribution in [0.1, 0.15) is 46.0 Å². The van der Waals surface area contributed by atoms with E-state index in [0.717, 1.165) is 51.3 Å². The van der Waals surface area contributed by atoms with Crippen LogP contribution in [0.3, 0.4) is 0 Å². The van der Waals surface area contributed by atoms with Crippen molar-refractivity contribution in [2.45, 2.75) is 51.5 Å². The van der Waals surface area contributed by atoms with Gasteiger partial charge in [-0.3, -0.25) is 9.89 Å². The molecule has 2 unspecified atom stereocenters. The highest BCUT2D eigenvalue weighted by molar-refractivity contribution is 14.0. The Bertz CT molecular complexity index is 399. The lowest BCUT2D eigenvalue weighted by Crippen LogP contribution is -2.60. The lowest BCUT2D eigenvalue weighted by Gasteiger charge is -2.43. The molecule has 0 aliphatic carbocycles. The lowest BCUT2D eigenvalue weighted by molar-refractivity contribution is -0.0120. The third-order valence-electron chi connectivity index (χ3n) is 5.67. The fourth-order valence-electron chi connectivity index (χ4n) is 3.79. The van der Waals surface area contributed by atoms with E-state index in [1.54, 1.807) is 0 Å². The van der Waals surface area contributed by atoms with Gasteiger partial charge in [-0.15, -0.1) is 24.0 Å². The highest BCUT2D eigenvalue weighted by atomic mass is 127. The van der Waals surface area contributed by atoms with Crippen LogP contribution < -0.4 is 10.6 Å². The van der Waals surface area contributed by atoms with Crippen LogP contribution in [-0.4, -0.2) is 74.3 Å². The summed E-state index contributed by atoms with van der Waals surface area (Å²) >= 11 is 2.08. The Hall–Kier alpha value is 0.270. The third-order valence-corrected chi connectivity index (χ3v) is 6.91. The largest absolute Gasteiger partial charge is 0.379 e. The van der Waals surface area contributed by atoms with Crippen molar-refractivity contribution in [2.24, 2.45) is 10.9 Å². The number of nitrogens with zero attached hydrogens (tertiary/aromatic N) is 2. The highest BCUT2D eigenvalue weighted by Gasteiger charge is 2.40. The first-order chi connectivity index (χ1) is 12.2. The number of guanidine groups is 1. The van der Waals surface area contributed by atoms with Crippen molar-refractivity contribution in [3.05, 3.63) is 0 Å². The first-order valence-corrected chi connectivity index (χ1v) is 11.2. The quantitative estimate of drug-likeness (QED) is 0.291. The van der Waals surface area contributed by atoms with Crippen LogP contribution in [0.2, 0.25) is 0 Å². The third kappa shape index (κ3) is 7.36. The molecule has 2 aliphatic rings. The van der Waals surface area contributed by atoms with Gasteiger partial charge in [0.05, 0.1) is 13.2 Å². The second-order valence-electron chi connectivity index (χ2n) is 7.35. The van der Waals surface area contributed by atoms with Crippen molar-refractivity contribution in [1.82, 2.24) is 15.5 Å². The summed E-state index contributed by atoms with van der Waals surface area (Å²) in [5.74, 6) is 4.18. The number of thioether (sulfide) groups is 1. The summed E-state index contributed by atoms with van der Waals surface area (Å²) in [5, 5.41) is 7.19. The molecular formula is C19H39IN4OS. The number of morpholine rings is 1. The summed E-state index contributed by atoms with van der Waals surface area (Å²) in [5.41, 5.74) is 0.262. The molecular weight excluding hydrogens is 459 g/mol. The van der Waals surface area contributed by atoms with Gasteiger partial charge in [0.25, 0.3) is 0 Å². The van der Waals surface area contributed by atoms with Crippen LogP contribution in [0.15, 0.2) is 4.99 Å². The van der Waals surface area contributed by atoms with E-state index in [9.17, 15) is 0 Å². The molecule has 0 aromatic heterocycles. The Kier molecular flexibility index (Phi) is 12.6. The van der Waals surface area contributed by atoms with Crippen molar-refractivity contribution in [3.63, 3.8) is 0 Å². The van der Waals surface area contributed by atoms with Crippen LogP contribution in [0, 0.1) is 5.92 Å². The summed E-state index contributed by atoms with van der Waals surface area (Å²) in [4.78, 5) is 7.10. The van der Waals surface area contributed by atoms with Gasteiger partial charge in [0, 0.05) is 44.5 Å². The molecule has 2 N–H and O–H groups in total. The number of nitrogens with one attached hydrogen (secondary N) is 2. The summed E-state index contributed by atoms with van der Waals surface area (Å²) in [6.45, 7) is 10.4. The maximum Gasteiger partial charge on any atom is 0.191 e. The van der Waals surface area contributed by atoms with Gasteiger partial charge in [0.1, 0.15) is 0 Å². The standard InChI is InChI=1S/C19H38N4OS.HI/c1-4-6-7-17(5-2)14-21-18(20-3)22-15-19(8-13-25-16-19)23-9-11-24-12-10-23;/h17H,4-16H2,1-3H3,(H2,20,21,22);1H. The SMILES string of the molecule is CCCCC(CC)CNC(=NC)NCC1(N2CCOCC2)CCSC1.I. The maximum atomic E-state index is 5.56. The molecule has 0 bridgehead atoms. The molecule has 2 saturated heterocycles. The minimum atomic E-state index is 0. The highest BCUT2D eigenvalue weighted by Crippen LogP contribution is 2.33. The van der Waals surface area contributed by atoms with Crippen LogP contribution in [-0.2, 0) is 4.74 Å². The van der Waals surface area contributed by atoms with Crippen molar-refractivity contribution in [1.29, 1.82) is 0 Å². The minimum absolute atomic E-state index is 0. The van der Waals surface area contributed by atoms with Crippen LogP contribution in [0.4, 0.5) is 0 Å². The molecule has 154 valence electrons. The zero-order valence-corrected chi connectivity index (χ0v) is 20.0. The molecule has 2 aliphatic heterocycles. The first-order valence-electron chi connectivity index (χ1n) is 10.1. The van der Waals surface area contributed by atoms with E-state index >= 15 is 0 Å². The van der Waals surface area contributed by atoms with E-state index in [1.807, 2.05) is 7.05 Å².